The number of carbonyl (C=O) groups is 1. The Morgan fingerprint density at radius 2 is 2.50 bits per heavy atom. The summed E-state index contributed by atoms with van der Waals surface area (Å²) >= 11 is 0. The smallest absolute Gasteiger partial charge is 0.337 e. The number of hydrogen-bond donors (Lipinski definition) is 1. The highest BCUT2D eigenvalue weighted by molar-refractivity contribution is 6.32. The third-order valence-electron chi connectivity index (χ3n) is 1.39. The van der Waals surface area contributed by atoms with Gasteiger partial charge in [0.1, 0.15) is 7.81 Å². The monoisotopic (exact) mass is 159 g/mol. The number of carboxylic acids is 1. The van der Waals surface area contributed by atoms with Crippen LogP contribution in [-0.2, 0) is 0 Å². The van der Waals surface area contributed by atoms with Crippen LogP contribution in [0.3, 0.4) is 0 Å². The van der Waals surface area contributed by atoms with Crippen molar-refractivity contribution in [3.8, 4) is 6.07 Å². The molecule has 0 aromatic heterocycles. The molecule has 0 unspecified atom stereocenters. The molecule has 0 saturated heterocycles. The predicted molar refractivity (Wildman–Crippen MR) is 44.9 cm³/mol. The van der Waals surface area contributed by atoms with Gasteiger partial charge in [0, 0.05) is 0 Å². The molecule has 4 heteroatoms. The van der Waals surface area contributed by atoms with Crippen LogP contribution in [-0.4, -0.2) is 20.2 Å². The van der Waals surface area contributed by atoms with Crippen LogP contribution in [0.2, 0.25) is 0 Å². The molecule has 0 atom stereocenters. The highest BCUT2D eigenvalue weighted by Crippen LogP contribution is 2.04. The first kappa shape index (κ1) is 6.92. The van der Waals surface area contributed by atoms with Gasteiger partial charge in [0.15, 0.2) is 0 Å². The van der Waals surface area contributed by atoms with E-state index in [9.17, 15) is 4.79 Å². The topological polar surface area (TPSA) is 61.1 Å². The Hall–Kier alpha value is -1.76. The molecule has 1 N–H and O–H groups in total. The third-order valence-corrected chi connectivity index (χ3v) is 1.39. The summed E-state index contributed by atoms with van der Waals surface area (Å²) in [5, 5.41) is 17.3. The van der Waals surface area contributed by atoms with Crippen molar-refractivity contribution in [3.05, 3.63) is 29.3 Å². The van der Waals surface area contributed by atoms with E-state index in [1.165, 1.54) is 18.2 Å². The van der Waals surface area contributed by atoms with E-state index in [4.69, 9.17) is 11.7 Å². The Kier molecular flexibility index (Phi) is 1.79. The molecule has 12 heavy (non-hydrogen) atoms. The van der Waals surface area contributed by atoms with E-state index >= 15 is 0 Å². The molecule has 0 fully saturated rings. The van der Waals surface area contributed by atoms with Crippen LogP contribution in [0.4, 0.5) is 0 Å². The fourth-order valence-electron chi connectivity index (χ4n) is 0.841. The van der Waals surface area contributed by atoms with Gasteiger partial charge in [-0.2, -0.15) is 5.26 Å². The number of nitrogens with zero attached hydrogens (tertiary/aromatic N) is 1. The largest absolute Gasteiger partial charge is 0.478 e. The molecule has 1 aromatic carbocycles. The summed E-state index contributed by atoms with van der Waals surface area (Å²) in [5.41, 5.74) is 0.558. The van der Waals surface area contributed by atoms with Gasteiger partial charge >= 0.3 is 5.97 Å². The summed E-state index contributed by atoms with van der Waals surface area (Å²) in [5.74, 6) is -1.13. The van der Waals surface area contributed by atoms with Gasteiger partial charge in [-0.15, -0.1) is 0 Å². The van der Waals surface area contributed by atoms with Gasteiger partial charge in [-0.1, -0.05) is 17.6 Å². The summed E-state index contributed by atoms with van der Waals surface area (Å²) in [6.45, 7) is 0. The van der Waals surface area contributed by atoms with Gasteiger partial charge in [0.2, 0.25) is 0 Å². The van der Waals surface area contributed by atoms with Gasteiger partial charge in [0.05, 0.1) is 17.2 Å². The summed E-state index contributed by atoms with van der Waals surface area (Å²) in [6, 6.07) is 5.94. The molecule has 1 radical (unpaired) electrons. The normalized spacial score (nSPS) is 9.75. The van der Waals surface area contributed by atoms with Crippen LogP contribution < -0.4 is 5.46 Å². The zero-order chi connectivity index (χ0) is 9.84. The van der Waals surface area contributed by atoms with Gasteiger partial charge in [-0.05, 0) is 7.40 Å². The van der Waals surface area contributed by atoms with E-state index in [2.05, 4.69) is 0 Å². The fourth-order valence-corrected chi connectivity index (χ4v) is 0.841. The molecule has 3 nitrogen and oxygen atoms in total. The minimum absolute atomic E-state index is 0.0342. The van der Waals surface area contributed by atoms with Crippen LogP contribution >= 0.6 is 0 Å². The van der Waals surface area contributed by atoms with E-state index in [1.54, 1.807) is 6.07 Å². The molecule has 0 amide bonds. The van der Waals surface area contributed by atoms with Crippen molar-refractivity contribution in [2.24, 2.45) is 0 Å². The maximum Gasteiger partial charge on any atom is 0.337 e. The van der Waals surface area contributed by atoms with Crippen LogP contribution in [0.25, 0.3) is 0 Å². The predicted octanol–water partition coefficient (Wildman–Crippen LogP) is -0.217. The maximum absolute atomic E-state index is 10.6. The van der Waals surface area contributed by atoms with Crippen molar-refractivity contribution in [2.45, 2.75) is 0 Å². The van der Waals surface area contributed by atoms with Gasteiger partial charge in [-0.3, -0.25) is 0 Å². The summed E-state index contributed by atoms with van der Waals surface area (Å²) in [6.07, 6.45) is 0. The van der Waals surface area contributed by atoms with Crippen molar-refractivity contribution in [2.75, 3.05) is 0 Å². The lowest BCUT2D eigenvalue weighted by molar-refractivity contribution is 0.0696. The highest BCUT2D eigenvalue weighted by Gasteiger charge is 2.08. The Balaban J connectivity index is 3.26. The Bertz CT molecular complexity index is 386. The van der Waals surface area contributed by atoms with Gasteiger partial charge in [-0.25, -0.2) is 4.79 Å². The van der Waals surface area contributed by atoms with Crippen LogP contribution in [0.5, 0.6) is 0 Å². The number of aromatic carboxylic acids is 1. The average Bonchev–Trinajstić information content (AvgIpc) is 2.16. The number of nitriles is 1. The molecule has 0 bridgehead atoms. The molecule has 0 aliphatic rings. The third kappa shape index (κ3) is 1.46. The lowest BCUT2D eigenvalue weighted by Gasteiger charge is -1.98. The lowest BCUT2D eigenvalue weighted by Crippen LogP contribution is -2.07. The maximum atomic E-state index is 10.6. The fraction of sp³-hybridized carbons (Fsp3) is 0. The number of rotatable bonds is 2. The molecular formula is C8H5BNO2. The molecule has 0 heterocycles. The quantitative estimate of drug-likeness (QED) is 0.606. The SMILES string of the molecule is [2H][B]c1ccc(C(=O)O)c(C#N)c1. The van der Waals surface area contributed by atoms with Gasteiger partial charge < -0.3 is 5.11 Å². The van der Waals surface area contributed by atoms with Crippen molar-refractivity contribution in [1.82, 2.24) is 0 Å². The van der Waals surface area contributed by atoms with Crippen molar-refractivity contribution >= 4 is 19.2 Å². The second kappa shape index (κ2) is 3.10. The van der Waals surface area contributed by atoms with Gasteiger partial charge in [0.25, 0.3) is 0 Å². The molecule has 1 rings (SSSR count). The Morgan fingerprint density at radius 3 is 3.00 bits per heavy atom. The zero-order valence-corrected chi connectivity index (χ0v) is 6.11. The van der Waals surface area contributed by atoms with E-state index in [0.29, 0.717) is 5.46 Å². The first-order valence-electron chi connectivity index (χ1n) is 3.76. The number of carboxylic acid groups (broad SMARTS) is 1. The van der Waals surface area contributed by atoms with Crippen molar-refractivity contribution in [1.29, 1.82) is 6.60 Å². The first-order valence-corrected chi connectivity index (χ1v) is 3.18. The van der Waals surface area contributed by atoms with Crippen LogP contribution in [0.15, 0.2) is 18.2 Å². The van der Waals surface area contributed by atoms with Crippen LogP contribution in [0, 0.1) is 11.3 Å². The minimum atomic E-state index is -1.13. The summed E-state index contributed by atoms with van der Waals surface area (Å²) in [7, 11) is 1.06. The molecule has 1 aromatic rings. The standard InChI is InChI=1S/C8H5BNO2/c9-6-1-2-7(8(11)12)5(3-6)4-10/h1-3,9H,(H,11,12)/i9D. The van der Waals surface area contributed by atoms with Crippen molar-refractivity contribution < 1.29 is 9.90 Å². The zero-order valence-electron chi connectivity index (χ0n) is 7.11. The number of benzene rings is 1. The van der Waals surface area contributed by atoms with E-state index in [0.717, 1.165) is 7.81 Å². The molecule has 0 aliphatic carbocycles. The van der Waals surface area contributed by atoms with E-state index in [1.807, 2.05) is 0 Å². The Morgan fingerprint density at radius 1 is 1.75 bits per heavy atom. The molecule has 0 spiro atoms. The molecule has 57 valence electrons. The number of hydrogen-bond acceptors (Lipinski definition) is 2. The highest BCUT2D eigenvalue weighted by atomic mass is 16.4. The van der Waals surface area contributed by atoms with E-state index in [-0.39, 0.29) is 11.1 Å². The minimum Gasteiger partial charge on any atom is -0.478 e. The molecule has 0 aliphatic heterocycles. The Labute approximate surface area is 72.0 Å². The first-order chi connectivity index (χ1) is 6.19. The summed E-state index contributed by atoms with van der Waals surface area (Å²) < 4.78 is 6.91. The second-order valence-electron chi connectivity index (χ2n) is 2.22. The summed E-state index contributed by atoms with van der Waals surface area (Å²) in [4.78, 5) is 10.6. The van der Waals surface area contributed by atoms with E-state index < -0.39 is 5.97 Å². The molecule has 0 saturated carbocycles. The van der Waals surface area contributed by atoms with Crippen molar-refractivity contribution in [3.63, 3.8) is 0 Å². The average molecular weight is 159 g/mol. The second-order valence-corrected chi connectivity index (χ2v) is 2.22. The van der Waals surface area contributed by atoms with Crippen LogP contribution in [0.1, 0.15) is 15.9 Å². The lowest BCUT2D eigenvalue weighted by atomic mass is 9.92. The molecular weight excluding hydrogens is 153 g/mol.